The number of fused-ring (bicyclic) bond motifs is 1. The average Bonchev–Trinajstić information content (AvgIpc) is 3.57. The molecule has 2 aromatic carbocycles. The van der Waals surface area contributed by atoms with Gasteiger partial charge in [-0.2, -0.15) is 0 Å². The van der Waals surface area contributed by atoms with E-state index in [1.165, 1.54) is 50.8 Å². The molecule has 1 aliphatic rings. The molecule has 46 heavy (non-hydrogen) atoms. The molecule has 0 unspecified atom stereocenters. The highest BCUT2D eigenvalue weighted by Crippen LogP contribution is 2.45. The molecule has 1 aliphatic heterocycles. The van der Waals surface area contributed by atoms with Crippen molar-refractivity contribution < 1.29 is 38.1 Å². The summed E-state index contributed by atoms with van der Waals surface area (Å²) in [5, 5.41) is 13.6. The number of halogens is 1. The Morgan fingerprint density at radius 3 is 2.26 bits per heavy atom. The number of carbonyl (C=O) groups is 4. The average molecular weight is 687 g/mol. The first-order valence-corrected chi connectivity index (χ1v) is 16.4. The number of hydrogen-bond donors (Lipinski definition) is 1. The molecule has 15 heteroatoms. The Labute approximate surface area is 277 Å². The first kappa shape index (κ1) is 33.4. The first-order valence-electron chi connectivity index (χ1n) is 14.2. The van der Waals surface area contributed by atoms with E-state index in [9.17, 15) is 19.2 Å². The van der Waals surface area contributed by atoms with E-state index in [-0.39, 0.29) is 6.61 Å². The summed E-state index contributed by atoms with van der Waals surface area (Å²) in [5.74, 6) is -1.61. The normalized spacial score (nSPS) is 21.0. The number of amides is 1. The molecule has 242 valence electrons. The van der Waals surface area contributed by atoms with Crippen molar-refractivity contribution in [3.8, 4) is 10.7 Å². The van der Waals surface area contributed by atoms with Gasteiger partial charge >= 0.3 is 17.9 Å². The monoisotopic (exact) mass is 686 g/mol. The maximum absolute atomic E-state index is 12.7. The van der Waals surface area contributed by atoms with E-state index in [1.807, 2.05) is 54.6 Å². The van der Waals surface area contributed by atoms with Gasteiger partial charge in [0.25, 0.3) is 0 Å². The fraction of sp³-hybridized carbons (Fsp3) is 0.355. The summed E-state index contributed by atoms with van der Waals surface area (Å²) in [5.41, 5.74) is 1.02. The van der Waals surface area contributed by atoms with E-state index >= 15 is 0 Å². The lowest BCUT2D eigenvalue weighted by atomic mass is 9.94. The van der Waals surface area contributed by atoms with Crippen LogP contribution in [-0.2, 0) is 43.9 Å². The third-order valence-electron chi connectivity index (χ3n) is 6.96. The van der Waals surface area contributed by atoms with E-state index in [0.717, 1.165) is 15.6 Å². The molecule has 4 aromatic rings. The molecule has 3 heterocycles. The maximum atomic E-state index is 12.7. The summed E-state index contributed by atoms with van der Waals surface area (Å²) in [4.78, 5) is 49.8. The van der Waals surface area contributed by atoms with Crippen LogP contribution in [0.4, 0.5) is 0 Å². The van der Waals surface area contributed by atoms with Crippen LogP contribution in [0.3, 0.4) is 0 Å². The lowest BCUT2D eigenvalue weighted by Crippen LogP contribution is -2.64. The second kappa shape index (κ2) is 14.6. The minimum absolute atomic E-state index is 0.334. The third-order valence-corrected chi connectivity index (χ3v) is 9.64. The van der Waals surface area contributed by atoms with Crippen molar-refractivity contribution in [3.63, 3.8) is 0 Å². The summed E-state index contributed by atoms with van der Waals surface area (Å²) in [7, 11) is 0. The minimum atomic E-state index is -1.26. The lowest BCUT2D eigenvalue weighted by Gasteiger charge is -2.45. The molecule has 1 saturated heterocycles. The molecular weight excluding hydrogens is 656 g/mol. The van der Waals surface area contributed by atoms with Crippen molar-refractivity contribution in [2.45, 2.75) is 69.2 Å². The molecule has 0 aliphatic carbocycles. The number of esters is 3. The SMILES string of the molecule is CC(=O)N[C@@H]1[C@@H](OC(C)=O)[C@H](OC(C)=O)[C@@H](COC(C)=O)O[C@H]1n1c(SCc2ccccc2)nnc1-c1sc2ccccc2c1Cl. The van der Waals surface area contributed by atoms with Crippen LogP contribution in [0.2, 0.25) is 5.02 Å². The Balaban J connectivity index is 1.69. The molecule has 5 rings (SSSR count). The Morgan fingerprint density at radius 1 is 0.935 bits per heavy atom. The van der Waals surface area contributed by atoms with Crippen molar-refractivity contribution in [3.05, 3.63) is 65.2 Å². The van der Waals surface area contributed by atoms with Crippen LogP contribution in [-0.4, -0.2) is 69.5 Å². The molecule has 0 saturated carbocycles. The van der Waals surface area contributed by atoms with E-state index in [1.54, 1.807) is 4.57 Å². The number of nitrogens with zero attached hydrogens (tertiary/aromatic N) is 3. The van der Waals surface area contributed by atoms with Gasteiger partial charge in [-0.15, -0.1) is 21.5 Å². The minimum Gasteiger partial charge on any atom is -0.463 e. The van der Waals surface area contributed by atoms with Gasteiger partial charge in [-0.25, -0.2) is 0 Å². The smallest absolute Gasteiger partial charge is 0.303 e. The maximum Gasteiger partial charge on any atom is 0.303 e. The lowest BCUT2D eigenvalue weighted by molar-refractivity contribution is -0.238. The van der Waals surface area contributed by atoms with Crippen molar-refractivity contribution in [1.29, 1.82) is 0 Å². The van der Waals surface area contributed by atoms with Gasteiger partial charge in [-0.1, -0.05) is 71.9 Å². The van der Waals surface area contributed by atoms with Crippen molar-refractivity contribution in [2.24, 2.45) is 0 Å². The summed E-state index contributed by atoms with van der Waals surface area (Å²) in [6.45, 7) is 4.57. The fourth-order valence-corrected chi connectivity index (χ4v) is 7.58. The molecule has 1 amide bonds. The van der Waals surface area contributed by atoms with E-state index < -0.39 is 54.4 Å². The Hall–Kier alpha value is -3.98. The van der Waals surface area contributed by atoms with Crippen LogP contribution >= 0.6 is 34.7 Å². The van der Waals surface area contributed by atoms with Crippen LogP contribution in [0, 0.1) is 0 Å². The Morgan fingerprint density at radius 2 is 1.61 bits per heavy atom. The van der Waals surface area contributed by atoms with Crippen LogP contribution in [0.15, 0.2) is 59.8 Å². The number of aromatic nitrogens is 3. The number of benzene rings is 2. The van der Waals surface area contributed by atoms with E-state index in [2.05, 4.69) is 15.5 Å². The van der Waals surface area contributed by atoms with Crippen LogP contribution < -0.4 is 5.32 Å². The predicted molar refractivity (Wildman–Crippen MR) is 171 cm³/mol. The Bertz CT molecular complexity index is 1750. The molecule has 2 aromatic heterocycles. The van der Waals surface area contributed by atoms with Crippen LogP contribution in [0.5, 0.6) is 0 Å². The molecule has 0 radical (unpaired) electrons. The number of ether oxygens (including phenoxy) is 4. The summed E-state index contributed by atoms with van der Waals surface area (Å²) in [6, 6.07) is 16.2. The van der Waals surface area contributed by atoms with Crippen LogP contribution in [0.25, 0.3) is 20.8 Å². The predicted octanol–water partition coefficient (Wildman–Crippen LogP) is 4.93. The molecule has 5 atom stereocenters. The number of thiophene rings is 1. The number of thioether (sulfide) groups is 1. The highest BCUT2D eigenvalue weighted by atomic mass is 35.5. The third kappa shape index (κ3) is 7.52. The highest BCUT2D eigenvalue weighted by molar-refractivity contribution is 7.98. The number of carbonyl (C=O) groups excluding carboxylic acids is 4. The number of hydrogen-bond acceptors (Lipinski definition) is 12. The second-order valence-electron chi connectivity index (χ2n) is 10.4. The van der Waals surface area contributed by atoms with Gasteiger partial charge in [-0.05, 0) is 11.6 Å². The van der Waals surface area contributed by atoms with Gasteiger partial charge in [0.2, 0.25) is 5.91 Å². The summed E-state index contributed by atoms with van der Waals surface area (Å²) >= 11 is 9.70. The molecule has 0 bridgehead atoms. The fourth-order valence-electron chi connectivity index (χ4n) is 5.17. The Kier molecular flexibility index (Phi) is 10.6. The quantitative estimate of drug-likeness (QED) is 0.137. The largest absolute Gasteiger partial charge is 0.463 e. The van der Waals surface area contributed by atoms with Gasteiger partial charge in [0.1, 0.15) is 18.8 Å². The summed E-state index contributed by atoms with van der Waals surface area (Å²) < 4.78 is 25.8. The van der Waals surface area contributed by atoms with E-state index in [4.69, 9.17) is 30.5 Å². The zero-order valence-corrected chi connectivity index (χ0v) is 27.7. The second-order valence-corrected chi connectivity index (χ2v) is 12.8. The van der Waals surface area contributed by atoms with Gasteiger partial charge in [-0.3, -0.25) is 23.7 Å². The number of rotatable bonds is 10. The molecule has 1 N–H and O–H groups in total. The molecular formula is C31H31ClN4O8S2. The number of nitrogens with one attached hydrogen (secondary N) is 1. The summed E-state index contributed by atoms with van der Waals surface area (Å²) in [6.07, 6.45) is -4.77. The molecule has 0 spiro atoms. The van der Waals surface area contributed by atoms with Crippen molar-refractivity contribution in [1.82, 2.24) is 20.1 Å². The zero-order valence-electron chi connectivity index (χ0n) is 25.3. The van der Waals surface area contributed by atoms with Crippen molar-refractivity contribution >= 4 is 68.6 Å². The van der Waals surface area contributed by atoms with Crippen molar-refractivity contribution in [2.75, 3.05) is 6.61 Å². The van der Waals surface area contributed by atoms with Gasteiger partial charge in [0.15, 0.2) is 29.4 Å². The van der Waals surface area contributed by atoms with Gasteiger partial charge in [0, 0.05) is 43.5 Å². The van der Waals surface area contributed by atoms with Gasteiger partial charge < -0.3 is 24.3 Å². The standard InChI is InChI=1S/C31H31ClN4O8S2/c1-16(37)33-25-27(43-19(4)40)26(42-18(3)39)22(14-41-17(2)38)44-30(25)36-29(28-24(32)21-12-8-9-13-23(21)46-28)34-35-31(36)45-15-20-10-6-5-7-11-20/h5-13,22,25-27,30H,14-15H2,1-4H3,(H,33,37)/t22-,25-,26-,27-,30-/m1/s1. The molecule has 1 fully saturated rings. The topological polar surface area (TPSA) is 148 Å². The molecule has 12 nitrogen and oxygen atoms in total. The van der Waals surface area contributed by atoms with Gasteiger partial charge in [0.05, 0.1) is 9.90 Å². The zero-order chi connectivity index (χ0) is 33.0. The van der Waals surface area contributed by atoms with Crippen LogP contribution in [0.1, 0.15) is 39.5 Å². The first-order chi connectivity index (χ1) is 22.0. The van der Waals surface area contributed by atoms with E-state index in [0.29, 0.717) is 26.6 Å². The highest BCUT2D eigenvalue weighted by Gasteiger charge is 2.52.